The molecule has 0 aliphatic rings. The zero-order valence-corrected chi connectivity index (χ0v) is 35.0. The largest absolute Gasteiger partial charge is 0.478 e. The van der Waals surface area contributed by atoms with Crippen molar-refractivity contribution >= 4 is 44.9 Å². The Bertz CT molecular complexity index is 2510. The number of aromatic nitrogens is 2. The second-order valence-electron chi connectivity index (χ2n) is 15.2. The van der Waals surface area contributed by atoms with E-state index in [1.165, 1.54) is 69.3 Å². The van der Waals surface area contributed by atoms with Crippen LogP contribution < -0.4 is 9.80 Å². The molecule has 0 fully saturated rings. The van der Waals surface area contributed by atoms with Crippen molar-refractivity contribution in [2.45, 2.75) is 76.2 Å². The number of anilines is 2. The Hall–Kier alpha value is -5.63. The molecule has 1 N–H and O–H groups in total. The first-order chi connectivity index (χ1) is 25.7. The molecule has 0 radical (unpaired) electrons. The van der Waals surface area contributed by atoms with E-state index in [1.54, 1.807) is 12.3 Å². The highest BCUT2D eigenvalue weighted by molar-refractivity contribution is 6.11. The maximum Gasteiger partial charge on any atom is 0.339 e. The molecule has 0 unspecified atom stereocenters. The maximum absolute atomic E-state index is 15.2. The number of Topliss-reactive ketones (excluding diaryl/α,β-unsaturated/α-hetero) is 1. The Morgan fingerprint density at radius 1 is 0.545 bits per heavy atom. The summed E-state index contributed by atoms with van der Waals surface area (Å²) in [5.41, 5.74) is 19.4. The molecule has 2 heterocycles. The number of carboxylic acids is 1. The van der Waals surface area contributed by atoms with Gasteiger partial charge in [0.25, 0.3) is 0 Å². The number of para-hydroxylation sites is 1. The van der Waals surface area contributed by atoms with Gasteiger partial charge in [-0.3, -0.25) is 14.8 Å². The molecule has 2 aromatic heterocycles. The Kier molecular flexibility index (Phi) is 11.2. The van der Waals surface area contributed by atoms with Gasteiger partial charge in [-0.05, 0) is 155 Å². The molecule has 55 heavy (non-hydrogen) atoms. The van der Waals surface area contributed by atoms with Gasteiger partial charge in [-0.15, -0.1) is 0 Å². The molecule has 8 heteroatoms. The van der Waals surface area contributed by atoms with E-state index >= 15 is 4.39 Å². The zero-order valence-electron chi connectivity index (χ0n) is 35.0. The lowest BCUT2D eigenvalue weighted by Gasteiger charge is -2.23. The van der Waals surface area contributed by atoms with Crippen molar-refractivity contribution in [3.8, 4) is 22.3 Å². The summed E-state index contributed by atoms with van der Waals surface area (Å²) in [4.78, 5) is 36.7. The predicted octanol–water partition coefficient (Wildman–Crippen LogP) is 11.1. The van der Waals surface area contributed by atoms with E-state index in [1.807, 2.05) is 64.0 Å². The van der Waals surface area contributed by atoms with Crippen LogP contribution in [0.3, 0.4) is 0 Å². The molecular formula is C47H53FN4O3. The quantitative estimate of drug-likeness (QED) is 0.170. The fraction of sp³-hybridized carbons (Fsp3) is 0.319. The van der Waals surface area contributed by atoms with Crippen LogP contribution in [-0.4, -0.2) is 55.0 Å². The van der Waals surface area contributed by atoms with Crippen molar-refractivity contribution in [2.75, 3.05) is 38.0 Å². The molecule has 0 aliphatic carbocycles. The Labute approximate surface area is 324 Å². The monoisotopic (exact) mass is 740 g/mol. The minimum absolute atomic E-state index is 0.0571. The smallest absolute Gasteiger partial charge is 0.339 e. The molecule has 0 amide bonds. The highest BCUT2D eigenvalue weighted by Gasteiger charge is 2.24. The normalized spacial score (nSPS) is 11.1. The first-order valence-corrected chi connectivity index (χ1v) is 18.5. The van der Waals surface area contributed by atoms with Gasteiger partial charge < -0.3 is 14.9 Å². The minimum atomic E-state index is -0.965. The third-order valence-electron chi connectivity index (χ3n) is 11.9. The molecule has 0 bridgehead atoms. The van der Waals surface area contributed by atoms with Crippen molar-refractivity contribution in [3.63, 3.8) is 0 Å². The van der Waals surface area contributed by atoms with Crippen molar-refractivity contribution < 1.29 is 19.1 Å². The Morgan fingerprint density at radius 2 is 0.964 bits per heavy atom. The first-order valence-electron chi connectivity index (χ1n) is 18.5. The van der Waals surface area contributed by atoms with E-state index in [2.05, 4.69) is 71.4 Å². The van der Waals surface area contributed by atoms with Gasteiger partial charge in [-0.25, -0.2) is 9.18 Å². The number of fused-ring (bicyclic) bond motifs is 2. The van der Waals surface area contributed by atoms with Crippen LogP contribution in [0.15, 0.2) is 42.7 Å². The topological polar surface area (TPSA) is 86.6 Å². The summed E-state index contributed by atoms with van der Waals surface area (Å²) in [5, 5.41) is 11.2. The number of halogens is 1. The number of carboxylic acid groups (broad SMARTS) is 1. The van der Waals surface area contributed by atoms with Gasteiger partial charge in [-0.2, -0.15) is 0 Å². The number of pyridine rings is 2. The van der Waals surface area contributed by atoms with Gasteiger partial charge in [0.15, 0.2) is 5.78 Å². The van der Waals surface area contributed by atoms with Crippen molar-refractivity contribution in [2.24, 2.45) is 0 Å². The zero-order chi connectivity index (χ0) is 41.0. The Morgan fingerprint density at radius 3 is 1.44 bits per heavy atom. The SMILES string of the molecule is CC(=O)c1cnc2c(-c3c(C)c(C)c(C)c(C)c3C)c(F)ccc2c1N(C)C.Cc1c(C)c(C)c(-c2cccc3c(N(C)C)c(C(=O)O)cnc23)c(C)c1C. The molecule has 0 spiro atoms. The molecule has 286 valence electrons. The molecular weight excluding hydrogens is 688 g/mol. The highest BCUT2D eigenvalue weighted by atomic mass is 19.1. The van der Waals surface area contributed by atoms with Gasteiger partial charge in [0.2, 0.25) is 0 Å². The molecule has 0 atom stereocenters. The number of hydrogen-bond donors (Lipinski definition) is 1. The van der Waals surface area contributed by atoms with Crippen LogP contribution in [0.5, 0.6) is 0 Å². The second-order valence-corrected chi connectivity index (χ2v) is 15.2. The molecule has 0 saturated carbocycles. The molecule has 6 aromatic rings. The number of carbonyl (C=O) groups excluding carboxylic acids is 1. The maximum atomic E-state index is 15.2. The van der Waals surface area contributed by atoms with Gasteiger partial charge in [-0.1, -0.05) is 18.2 Å². The minimum Gasteiger partial charge on any atom is -0.478 e. The third-order valence-corrected chi connectivity index (χ3v) is 11.9. The summed E-state index contributed by atoms with van der Waals surface area (Å²) in [6, 6.07) is 9.23. The lowest BCUT2D eigenvalue weighted by molar-refractivity contribution is 0.0697. The lowest BCUT2D eigenvalue weighted by Crippen LogP contribution is -2.15. The summed E-state index contributed by atoms with van der Waals surface area (Å²) in [6.45, 7) is 22.7. The summed E-state index contributed by atoms with van der Waals surface area (Å²) >= 11 is 0. The fourth-order valence-electron chi connectivity index (χ4n) is 8.03. The van der Waals surface area contributed by atoms with Crippen LogP contribution in [0, 0.1) is 75.1 Å². The van der Waals surface area contributed by atoms with Gasteiger partial charge in [0.05, 0.1) is 28.0 Å². The predicted molar refractivity (Wildman–Crippen MR) is 227 cm³/mol. The average molecular weight is 741 g/mol. The number of rotatable bonds is 6. The molecule has 0 aliphatic heterocycles. The number of carbonyl (C=O) groups is 2. The number of nitrogens with zero attached hydrogens (tertiary/aromatic N) is 4. The van der Waals surface area contributed by atoms with Crippen molar-refractivity contribution in [3.05, 3.63) is 115 Å². The summed E-state index contributed by atoms with van der Waals surface area (Å²) < 4.78 is 15.2. The van der Waals surface area contributed by atoms with Crippen LogP contribution in [0.2, 0.25) is 0 Å². The average Bonchev–Trinajstić information content (AvgIpc) is 3.14. The second kappa shape index (κ2) is 15.2. The molecule has 4 aromatic carbocycles. The summed E-state index contributed by atoms with van der Waals surface area (Å²) in [6.07, 6.45) is 3.05. The Balaban J connectivity index is 0.000000211. The van der Waals surface area contributed by atoms with E-state index in [-0.39, 0.29) is 17.2 Å². The summed E-state index contributed by atoms with van der Waals surface area (Å²) in [5.74, 6) is -1.32. The summed E-state index contributed by atoms with van der Waals surface area (Å²) in [7, 11) is 7.51. The van der Waals surface area contributed by atoms with Crippen LogP contribution in [0.25, 0.3) is 44.1 Å². The number of hydrogen-bond acceptors (Lipinski definition) is 6. The number of ketones is 1. The number of aromatic carboxylic acids is 1. The van der Waals surface area contributed by atoms with E-state index < -0.39 is 5.97 Å². The van der Waals surface area contributed by atoms with E-state index in [9.17, 15) is 14.7 Å². The standard InChI is InChI=1S/C24H27FN2O.C23H26N2O2/c1-12-13(2)15(4)21(16(5)14(12)3)22-20(25)10-9-18-23(22)26-11-19(17(6)28)24(18)27(7)8;1-12-13(2)15(4)20(16(5)14(12)3)17-9-8-10-18-21(17)24-11-19(23(26)27)22(18)25(6)7/h9-11H,1-8H3;8-11H,1-7H3,(H,26,27). The van der Waals surface area contributed by atoms with E-state index in [0.29, 0.717) is 22.3 Å². The van der Waals surface area contributed by atoms with Gasteiger partial charge in [0.1, 0.15) is 11.4 Å². The van der Waals surface area contributed by atoms with Crippen LogP contribution in [-0.2, 0) is 0 Å². The molecule has 6 rings (SSSR count). The molecule has 7 nitrogen and oxygen atoms in total. The van der Waals surface area contributed by atoms with Crippen LogP contribution in [0.1, 0.15) is 83.3 Å². The van der Waals surface area contributed by atoms with Crippen LogP contribution in [0.4, 0.5) is 15.8 Å². The van der Waals surface area contributed by atoms with Gasteiger partial charge >= 0.3 is 5.97 Å². The van der Waals surface area contributed by atoms with Crippen molar-refractivity contribution in [1.82, 2.24) is 9.97 Å². The van der Waals surface area contributed by atoms with Gasteiger partial charge in [0, 0.05) is 62.5 Å². The third kappa shape index (κ3) is 6.83. The lowest BCUT2D eigenvalue weighted by atomic mass is 9.85. The fourth-order valence-corrected chi connectivity index (χ4v) is 8.03. The van der Waals surface area contributed by atoms with Crippen molar-refractivity contribution in [1.29, 1.82) is 0 Å². The van der Waals surface area contributed by atoms with E-state index in [4.69, 9.17) is 0 Å². The highest BCUT2D eigenvalue weighted by Crippen LogP contribution is 2.42. The molecule has 0 saturated heterocycles. The van der Waals surface area contributed by atoms with E-state index in [0.717, 1.165) is 44.2 Å². The number of benzene rings is 4. The van der Waals surface area contributed by atoms with Crippen LogP contribution >= 0.6 is 0 Å². The first kappa shape index (κ1) is 40.6.